The van der Waals surface area contributed by atoms with Gasteiger partial charge in [-0.2, -0.15) is 0 Å². The van der Waals surface area contributed by atoms with Gasteiger partial charge >= 0.3 is 0 Å². The van der Waals surface area contributed by atoms with Crippen LogP contribution in [0.15, 0.2) is 36.4 Å². The molecule has 0 atom stereocenters. The second kappa shape index (κ2) is 7.05. The van der Waals surface area contributed by atoms with Crippen LogP contribution in [-0.4, -0.2) is 23.1 Å². The molecule has 0 bridgehead atoms. The summed E-state index contributed by atoms with van der Waals surface area (Å²) < 4.78 is 13.4. The molecule has 1 aliphatic rings. The van der Waals surface area contributed by atoms with Gasteiger partial charge in [-0.05, 0) is 62.3 Å². The Bertz CT molecular complexity index is 956. The lowest BCUT2D eigenvalue weighted by Gasteiger charge is -2.22. The van der Waals surface area contributed by atoms with Crippen molar-refractivity contribution in [1.29, 1.82) is 0 Å². The molecular formula is C19H19ClFN5. The van der Waals surface area contributed by atoms with Gasteiger partial charge in [0, 0.05) is 22.7 Å². The summed E-state index contributed by atoms with van der Waals surface area (Å²) in [7, 11) is 0. The van der Waals surface area contributed by atoms with Crippen LogP contribution in [0.5, 0.6) is 0 Å². The number of fused-ring (bicyclic) bond motifs is 1. The number of nitrogens with zero attached hydrogens (tertiary/aromatic N) is 2. The van der Waals surface area contributed by atoms with Crippen LogP contribution in [0.4, 0.5) is 21.6 Å². The van der Waals surface area contributed by atoms with Crippen molar-refractivity contribution in [3.63, 3.8) is 0 Å². The Morgan fingerprint density at radius 1 is 1.12 bits per heavy atom. The number of benzene rings is 2. The zero-order valence-corrected chi connectivity index (χ0v) is 14.9. The van der Waals surface area contributed by atoms with E-state index in [0.29, 0.717) is 23.1 Å². The van der Waals surface area contributed by atoms with Crippen molar-refractivity contribution in [3.05, 3.63) is 53.1 Å². The van der Waals surface area contributed by atoms with Gasteiger partial charge in [0.2, 0.25) is 0 Å². The number of nitrogens with two attached hydrogens (primary N) is 1. The van der Waals surface area contributed by atoms with Gasteiger partial charge in [0.15, 0.2) is 0 Å². The van der Waals surface area contributed by atoms with E-state index in [9.17, 15) is 4.39 Å². The highest BCUT2D eigenvalue weighted by Gasteiger charge is 2.20. The van der Waals surface area contributed by atoms with Gasteiger partial charge in [0.25, 0.3) is 0 Å². The van der Waals surface area contributed by atoms with Gasteiger partial charge in [0.05, 0.1) is 10.5 Å². The van der Waals surface area contributed by atoms with E-state index in [1.807, 2.05) is 18.2 Å². The molecule has 26 heavy (non-hydrogen) atoms. The Labute approximate surface area is 155 Å². The summed E-state index contributed by atoms with van der Waals surface area (Å²) in [6.45, 7) is 1.92. The average molecular weight is 372 g/mol. The number of rotatable bonds is 3. The van der Waals surface area contributed by atoms with Crippen LogP contribution in [0.1, 0.15) is 24.6 Å². The standard InChI is InChI=1S/C19H19ClFN5/c20-15-10-13(2-3-16(15)21)24-19-14-9-12(22)1-4-17(14)25-18(26-19)11-5-7-23-8-6-11/h1-4,9-11,23H,5-8,22H2,(H,24,25,26). The Morgan fingerprint density at radius 2 is 1.92 bits per heavy atom. The van der Waals surface area contributed by atoms with Crippen LogP contribution in [0.25, 0.3) is 10.9 Å². The van der Waals surface area contributed by atoms with Crippen molar-refractivity contribution < 1.29 is 4.39 Å². The number of halogens is 2. The summed E-state index contributed by atoms with van der Waals surface area (Å²) in [4.78, 5) is 9.52. The molecular weight excluding hydrogens is 353 g/mol. The normalized spacial score (nSPS) is 15.3. The van der Waals surface area contributed by atoms with Crippen molar-refractivity contribution in [1.82, 2.24) is 15.3 Å². The molecule has 3 aromatic rings. The molecule has 1 saturated heterocycles. The molecule has 2 aromatic carbocycles. The zero-order valence-electron chi connectivity index (χ0n) is 14.1. The molecule has 1 aliphatic heterocycles. The molecule has 0 saturated carbocycles. The quantitative estimate of drug-likeness (QED) is 0.601. The third-order valence-electron chi connectivity index (χ3n) is 4.62. The van der Waals surface area contributed by atoms with E-state index in [2.05, 4.69) is 10.6 Å². The number of nitrogens with one attached hydrogen (secondary N) is 2. The SMILES string of the molecule is Nc1ccc2nc(C3CCNCC3)nc(Nc3ccc(F)c(Cl)c3)c2c1. The van der Waals surface area contributed by atoms with Gasteiger partial charge in [-0.1, -0.05) is 11.6 Å². The van der Waals surface area contributed by atoms with Crippen molar-refractivity contribution in [2.24, 2.45) is 0 Å². The van der Waals surface area contributed by atoms with Crippen LogP contribution in [0, 0.1) is 5.82 Å². The Kier molecular flexibility index (Phi) is 4.61. The molecule has 134 valence electrons. The predicted octanol–water partition coefficient (Wildman–Crippen LogP) is 4.22. The Hall–Kier alpha value is -2.44. The van der Waals surface area contributed by atoms with Gasteiger partial charge in [-0.3, -0.25) is 0 Å². The van der Waals surface area contributed by atoms with E-state index in [1.165, 1.54) is 6.07 Å². The highest BCUT2D eigenvalue weighted by molar-refractivity contribution is 6.31. The summed E-state index contributed by atoms with van der Waals surface area (Å²) in [5.74, 6) is 1.33. The molecule has 5 nitrogen and oxygen atoms in total. The number of anilines is 3. The fourth-order valence-electron chi connectivity index (χ4n) is 3.23. The number of nitrogen functional groups attached to an aromatic ring is 1. The fraction of sp³-hybridized carbons (Fsp3) is 0.263. The highest BCUT2D eigenvalue weighted by atomic mass is 35.5. The zero-order chi connectivity index (χ0) is 18.1. The van der Waals surface area contributed by atoms with E-state index >= 15 is 0 Å². The number of hydrogen-bond donors (Lipinski definition) is 3. The van der Waals surface area contributed by atoms with Crippen molar-refractivity contribution >= 4 is 39.7 Å². The highest BCUT2D eigenvalue weighted by Crippen LogP contribution is 2.31. The first kappa shape index (κ1) is 17.0. The van der Waals surface area contributed by atoms with Crippen molar-refractivity contribution in [3.8, 4) is 0 Å². The lowest BCUT2D eigenvalue weighted by Crippen LogP contribution is -2.27. The molecule has 1 fully saturated rings. The third-order valence-corrected chi connectivity index (χ3v) is 4.91. The van der Waals surface area contributed by atoms with Crippen LogP contribution < -0.4 is 16.4 Å². The van der Waals surface area contributed by atoms with Gasteiger partial charge < -0.3 is 16.4 Å². The van der Waals surface area contributed by atoms with E-state index < -0.39 is 5.82 Å². The van der Waals surface area contributed by atoms with Crippen LogP contribution in [0.3, 0.4) is 0 Å². The van der Waals surface area contributed by atoms with Crippen molar-refractivity contribution in [2.45, 2.75) is 18.8 Å². The van der Waals surface area contributed by atoms with Crippen LogP contribution in [-0.2, 0) is 0 Å². The fourth-order valence-corrected chi connectivity index (χ4v) is 3.41. The van der Waals surface area contributed by atoms with E-state index in [0.717, 1.165) is 42.7 Å². The molecule has 4 N–H and O–H groups in total. The molecule has 0 spiro atoms. The number of piperidine rings is 1. The van der Waals surface area contributed by atoms with E-state index in [1.54, 1.807) is 12.1 Å². The maximum atomic E-state index is 13.4. The number of hydrogen-bond acceptors (Lipinski definition) is 5. The molecule has 0 unspecified atom stereocenters. The summed E-state index contributed by atoms with van der Waals surface area (Å²) >= 11 is 5.90. The smallest absolute Gasteiger partial charge is 0.142 e. The molecule has 0 amide bonds. The molecule has 0 aliphatic carbocycles. The van der Waals surface area contributed by atoms with Gasteiger partial charge in [0.1, 0.15) is 17.5 Å². The average Bonchev–Trinajstić information content (AvgIpc) is 2.65. The van der Waals surface area contributed by atoms with E-state index in [-0.39, 0.29) is 5.02 Å². The van der Waals surface area contributed by atoms with Gasteiger partial charge in [-0.25, -0.2) is 14.4 Å². The lowest BCUT2D eigenvalue weighted by molar-refractivity contribution is 0.446. The minimum atomic E-state index is -0.454. The molecule has 4 rings (SSSR count). The first-order valence-corrected chi connectivity index (χ1v) is 8.98. The Morgan fingerprint density at radius 3 is 2.69 bits per heavy atom. The van der Waals surface area contributed by atoms with Crippen LogP contribution >= 0.6 is 11.6 Å². The van der Waals surface area contributed by atoms with Gasteiger partial charge in [-0.15, -0.1) is 0 Å². The number of aromatic nitrogens is 2. The second-order valence-corrected chi connectivity index (χ2v) is 6.89. The predicted molar refractivity (Wildman–Crippen MR) is 103 cm³/mol. The topological polar surface area (TPSA) is 75.9 Å². The maximum Gasteiger partial charge on any atom is 0.142 e. The molecule has 2 heterocycles. The first-order chi connectivity index (χ1) is 12.6. The first-order valence-electron chi connectivity index (χ1n) is 8.60. The third kappa shape index (κ3) is 3.43. The minimum Gasteiger partial charge on any atom is -0.399 e. The second-order valence-electron chi connectivity index (χ2n) is 6.49. The molecule has 7 heteroatoms. The lowest BCUT2D eigenvalue weighted by atomic mass is 9.97. The summed E-state index contributed by atoms with van der Waals surface area (Å²) in [6.07, 6.45) is 2.00. The summed E-state index contributed by atoms with van der Waals surface area (Å²) in [5, 5.41) is 7.49. The maximum absolute atomic E-state index is 13.4. The van der Waals surface area contributed by atoms with Crippen LogP contribution in [0.2, 0.25) is 5.02 Å². The van der Waals surface area contributed by atoms with Crippen molar-refractivity contribution in [2.75, 3.05) is 24.1 Å². The monoisotopic (exact) mass is 371 g/mol. The Balaban J connectivity index is 1.79. The minimum absolute atomic E-state index is 0.0615. The molecule has 1 aromatic heterocycles. The summed E-state index contributed by atoms with van der Waals surface area (Å²) in [5.41, 5.74) is 8.08. The largest absolute Gasteiger partial charge is 0.399 e. The van der Waals surface area contributed by atoms with E-state index in [4.69, 9.17) is 27.3 Å². The molecule has 0 radical (unpaired) electrons. The summed E-state index contributed by atoms with van der Waals surface area (Å²) in [6, 6.07) is 10.1.